The number of aromatic nitrogens is 3. The molecule has 0 saturated heterocycles. The Morgan fingerprint density at radius 1 is 1.15 bits per heavy atom. The van der Waals surface area contributed by atoms with E-state index in [-0.39, 0.29) is 17.9 Å². The van der Waals surface area contributed by atoms with E-state index < -0.39 is 0 Å². The number of benzene rings is 1. The summed E-state index contributed by atoms with van der Waals surface area (Å²) in [5, 5.41) is 0. The van der Waals surface area contributed by atoms with Gasteiger partial charge in [0.25, 0.3) is 0 Å². The summed E-state index contributed by atoms with van der Waals surface area (Å²) in [5.41, 5.74) is 13.9. The number of rotatable bonds is 1. The van der Waals surface area contributed by atoms with E-state index >= 15 is 0 Å². The Bertz CT molecular complexity index is 639. The molecule has 2 heterocycles. The number of nitrogen functional groups attached to an aromatic ring is 2. The lowest BCUT2D eigenvalue weighted by atomic mass is 9.95. The third-order valence-electron chi connectivity index (χ3n) is 3.47. The Morgan fingerprint density at radius 2 is 1.85 bits per heavy atom. The van der Waals surface area contributed by atoms with Gasteiger partial charge in [0.05, 0.1) is 0 Å². The first-order valence-electron chi connectivity index (χ1n) is 6.34. The lowest BCUT2D eigenvalue weighted by Gasteiger charge is -2.35. The van der Waals surface area contributed by atoms with Crippen LogP contribution in [-0.2, 0) is 13.0 Å². The molecule has 2 aromatic rings. The Morgan fingerprint density at radius 3 is 2.55 bits per heavy atom. The summed E-state index contributed by atoms with van der Waals surface area (Å²) in [6.45, 7) is 2.87. The molecule has 0 saturated carbocycles. The number of hydrogen-bond acceptors (Lipinski definition) is 6. The smallest absolute Gasteiger partial charge is 0.232 e. The molecule has 0 amide bonds. The van der Waals surface area contributed by atoms with E-state index in [0.717, 1.165) is 17.4 Å². The van der Waals surface area contributed by atoms with Crippen LogP contribution < -0.4 is 16.4 Å². The number of nitrogens with zero attached hydrogens (tertiary/aromatic N) is 4. The first kappa shape index (κ1) is 13.1. The van der Waals surface area contributed by atoms with E-state index in [1.165, 1.54) is 11.1 Å². The molecular weight excluding hydrogens is 320 g/mol. The second-order valence-corrected chi connectivity index (χ2v) is 5.86. The van der Waals surface area contributed by atoms with Crippen molar-refractivity contribution in [2.75, 3.05) is 16.4 Å². The lowest BCUT2D eigenvalue weighted by Crippen LogP contribution is -2.39. The first-order valence-corrected chi connectivity index (χ1v) is 7.13. The third-order valence-corrected chi connectivity index (χ3v) is 3.96. The van der Waals surface area contributed by atoms with Gasteiger partial charge < -0.3 is 16.4 Å². The second kappa shape index (κ2) is 4.90. The molecule has 20 heavy (non-hydrogen) atoms. The van der Waals surface area contributed by atoms with E-state index in [1.807, 2.05) is 0 Å². The number of anilines is 3. The third kappa shape index (κ3) is 2.40. The van der Waals surface area contributed by atoms with Crippen LogP contribution in [0.25, 0.3) is 0 Å². The fraction of sp³-hybridized carbons (Fsp3) is 0.308. The van der Waals surface area contributed by atoms with Gasteiger partial charge in [0.15, 0.2) is 0 Å². The van der Waals surface area contributed by atoms with Gasteiger partial charge in [0.2, 0.25) is 17.8 Å². The van der Waals surface area contributed by atoms with Crippen LogP contribution in [0.3, 0.4) is 0 Å². The summed E-state index contributed by atoms with van der Waals surface area (Å²) in [6.07, 6.45) is 0.939. The van der Waals surface area contributed by atoms with Gasteiger partial charge in [-0.15, -0.1) is 0 Å². The summed E-state index contributed by atoms with van der Waals surface area (Å²) in [5.74, 6) is 0.840. The molecule has 4 N–H and O–H groups in total. The Kier molecular flexibility index (Phi) is 3.21. The van der Waals surface area contributed by atoms with Gasteiger partial charge in [0, 0.05) is 17.1 Å². The zero-order valence-corrected chi connectivity index (χ0v) is 12.6. The van der Waals surface area contributed by atoms with Gasteiger partial charge in [-0.2, -0.15) is 15.0 Å². The predicted octanol–water partition coefficient (Wildman–Crippen LogP) is 1.75. The van der Waals surface area contributed by atoms with Crippen molar-refractivity contribution in [3.05, 3.63) is 33.8 Å². The monoisotopic (exact) mass is 334 g/mol. The van der Waals surface area contributed by atoms with Gasteiger partial charge in [-0.05, 0) is 36.6 Å². The van der Waals surface area contributed by atoms with Crippen molar-refractivity contribution >= 4 is 33.8 Å². The maximum atomic E-state index is 5.65. The maximum absolute atomic E-state index is 5.65. The lowest BCUT2D eigenvalue weighted by molar-refractivity contribution is 0.579. The number of halogens is 1. The number of hydrogen-bond donors (Lipinski definition) is 2. The highest BCUT2D eigenvalue weighted by molar-refractivity contribution is 9.10. The van der Waals surface area contributed by atoms with E-state index in [2.05, 4.69) is 60.9 Å². The molecule has 0 aliphatic carbocycles. The summed E-state index contributed by atoms with van der Waals surface area (Å²) in [6, 6.07) is 6.64. The van der Waals surface area contributed by atoms with Gasteiger partial charge in [0.1, 0.15) is 0 Å². The summed E-state index contributed by atoms with van der Waals surface area (Å²) in [7, 11) is 0. The van der Waals surface area contributed by atoms with Crippen molar-refractivity contribution in [1.82, 2.24) is 15.0 Å². The molecule has 1 aromatic carbocycles. The molecule has 104 valence electrons. The highest BCUT2D eigenvalue weighted by Gasteiger charge is 2.25. The maximum Gasteiger partial charge on any atom is 0.232 e. The second-order valence-electron chi connectivity index (χ2n) is 4.95. The van der Waals surface area contributed by atoms with Gasteiger partial charge in [-0.25, -0.2) is 0 Å². The van der Waals surface area contributed by atoms with Crippen molar-refractivity contribution in [3.8, 4) is 0 Å². The molecule has 1 atom stereocenters. The normalized spacial score (nSPS) is 17.9. The molecule has 0 radical (unpaired) electrons. The minimum Gasteiger partial charge on any atom is -0.368 e. The number of fused-ring (bicyclic) bond motifs is 1. The first-order chi connectivity index (χ1) is 9.52. The zero-order chi connectivity index (χ0) is 14.3. The number of nitrogens with two attached hydrogens (primary N) is 2. The molecule has 1 aliphatic heterocycles. The Hall–Kier alpha value is -1.89. The topological polar surface area (TPSA) is 94.0 Å². The largest absolute Gasteiger partial charge is 0.368 e. The average molecular weight is 335 g/mol. The molecule has 7 heteroatoms. The SMILES string of the molecule is CC1Cc2ccc(Br)cc2CN1c1nc(N)nc(N)n1. The molecule has 0 bridgehead atoms. The summed E-state index contributed by atoms with van der Waals surface area (Å²) < 4.78 is 1.07. The van der Waals surface area contributed by atoms with Crippen molar-refractivity contribution in [3.63, 3.8) is 0 Å². The zero-order valence-electron chi connectivity index (χ0n) is 11.0. The van der Waals surface area contributed by atoms with E-state index in [1.54, 1.807) is 0 Å². The predicted molar refractivity (Wildman–Crippen MR) is 82.1 cm³/mol. The van der Waals surface area contributed by atoms with Crippen molar-refractivity contribution < 1.29 is 0 Å². The van der Waals surface area contributed by atoms with Gasteiger partial charge >= 0.3 is 0 Å². The molecule has 6 nitrogen and oxygen atoms in total. The van der Waals surface area contributed by atoms with Crippen molar-refractivity contribution in [2.24, 2.45) is 0 Å². The standard InChI is InChI=1S/C13H15BrN6/c1-7-4-8-2-3-10(14)5-9(8)6-20(7)13-18-11(15)17-12(16)19-13/h2-3,5,7H,4,6H2,1H3,(H4,15,16,17,18,19). The van der Waals surface area contributed by atoms with Crippen LogP contribution in [0.2, 0.25) is 0 Å². The fourth-order valence-corrected chi connectivity index (χ4v) is 2.91. The molecule has 1 aliphatic rings. The molecule has 1 aromatic heterocycles. The molecule has 0 spiro atoms. The average Bonchev–Trinajstić information content (AvgIpc) is 2.37. The fourth-order valence-electron chi connectivity index (χ4n) is 2.50. The van der Waals surface area contributed by atoms with Crippen molar-refractivity contribution in [2.45, 2.75) is 25.9 Å². The van der Waals surface area contributed by atoms with Crippen LogP contribution in [0.1, 0.15) is 18.1 Å². The van der Waals surface area contributed by atoms with Crippen LogP contribution in [0.15, 0.2) is 22.7 Å². The molecule has 1 unspecified atom stereocenters. The van der Waals surface area contributed by atoms with E-state index in [0.29, 0.717) is 5.95 Å². The van der Waals surface area contributed by atoms with Crippen LogP contribution in [-0.4, -0.2) is 21.0 Å². The summed E-state index contributed by atoms with van der Waals surface area (Å²) in [4.78, 5) is 14.3. The molecular formula is C13H15BrN6. The summed E-state index contributed by atoms with van der Waals surface area (Å²) >= 11 is 3.51. The van der Waals surface area contributed by atoms with Crippen LogP contribution in [0, 0.1) is 0 Å². The quantitative estimate of drug-likeness (QED) is 0.825. The van der Waals surface area contributed by atoms with Crippen molar-refractivity contribution in [1.29, 1.82) is 0 Å². The van der Waals surface area contributed by atoms with Crippen LogP contribution in [0.5, 0.6) is 0 Å². The highest BCUT2D eigenvalue weighted by Crippen LogP contribution is 2.28. The van der Waals surface area contributed by atoms with Gasteiger partial charge in [-0.1, -0.05) is 22.0 Å². The minimum atomic E-state index is 0.153. The minimum absolute atomic E-state index is 0.153. The molecule has 3 rings (SSSR count). The highest BCUT2D eigenvalue weighted by atomic mass is 79.9. The van der Waals surface area contributed by atoms with Gasteiger partial charge in [-0.3, -0.25) is 0 Å². The van der Waals surface area contributed by atoms with Crippen LogP contribution >= 0.6 is 15.9 Å². The Balaban J connectivity index is 1.99. The Labute approximate surface area is 125 Å². The van der Waals surface area contributed by atoms with E-state index in [9.17, 15) is 0 Å². The van der Waals surface area contributed by atoms with Crippen LogP contribution in [0.4, 0.5) is 17.8 Å². The van der Waals surface area contributed by atoms with E-state index in [4.69, 9.17) is 11.5 Å². The molecule has 0 fully saturated rings.